The van der Waals surface area contributed by atoms with Crippen LogP contribution in [0, 0.1) is 0 Å². The lowest BCUT2D eigenvalue weighted by atomic mass is 9.95. The molecule has 1 aliphatic rings. The fraction of sp³-hybridized carbons (Fsp3) is 0.391. The van der Waals surface area contributed by atoms with Crippen LogP contribution in [0.3, 0.4) is 0 Å². The Kier molecular flexibility index (Phi) is 6.18. The molecule has 0 atom stereocenters. The fourth-order valence-corrected chi connectivity index (χ4v) is 5.43. The molecule has 0 unspecified atom stereocenters. The summed E-state index contributed by atoms with van der Waals surface area (Å²) in [6.45, 7) is 2.55. The van der Waals surface area contributed by atoms with Crippen molar-refractivity contribution in [3.63, 3.8) is 0 Å². The van der Waals surface area contributed by atoms with Crippen molar-refractivity contribution in [3.8, 4) is 0 Å². The molecule has 0 radical (unpaired) electrons. The zero-order valence-electron chi connectivity index (χ0n) is 17.6. The van der Waals surface area contributed by atoms with Gasteiger partial charge in [0.05, 0.1) is 10.9 Å². The Hall–Kier alpha value is -3.00. The van der Waals surface area contributed by atoms with Gasteiger partial charge in [0.15, 0.2) is 5.69 Å². The van der Waals surface area contributed by atoms with Crippen LogP contribution in [0.15, 0.2) is 29.1 Å². The molecular formula is C23H26N4O3S. The third kappa shape index (κ3) is 4.12. The largest absolute Gasteiger partial charge is 0.365 e. The first kappa shape index (κ1) is 21.2. The maximum atomic E-state index is 13.3. The molecular weight excluding hydrogens is 412 g/mol. The minimum Gasteiger partial charge on any atom is -0.365 e. The number of amides is 2. The summed E-state index contributed by atoms with van der Waals surface area (Å²) < 4.78 is 1.38. The van der Waals surface area contributed by atoms with Gasteiger partial charge in [0, 0.05) is 16.8 Å². The summed E-state index contributed by atoms with van der Waals surface area (Å²) in [6.07, 6.45) is 6.57. The van der Waals surface area contributed by atoms with Crippen molar-refractivity contribution in [1.29, 1.82) is 0 Å². The number of nitrogens with two attached hydrogens (primary N) is 1. The summed E-state index contributed by atoms with van der Waals surface area (Å²) in [7, 11) is 0. The molecule has 1 aliphatic carbocycles. The molecule has 2 heterocycles. The number of anilines is 1. The summed E-state index contributed by atoms with van der Waals surface area (Å²) in [6, 6.07) is 7.00. The number of primary amides is 1. The third-order valence-electron chi connectivity index (χ3n) is 5.70. The summed E-state index contributed by atoms with van der Waals surface area (Å²) in [5.74, 6) is -0.974. The first-order chi connectivity index (χ1) is 15.0. The van der Waals surface area contributed by atoms with E-state index in [1.165, 1.54) is 16.0 Å². The SMILES string of the molecule is CCCCCn1nc(C(=O)Nc2sc3c(c2C(N)=O)CCCC3)c2ccccc2c1=O. The van der Waals surface area contributed by atoms with E-state index in [1.807, 2.05) is 0 Å². The van der Waals surface area contributed by atoms with Crippen molar-refractivity contribution in [3.05, 3.63) is 56.3 Å². The van der Waals surface area contributed by atoms with Crippen molar-refractivity contribution in [1.82, 2.24) is 9.78 Å². The number of aromatic nitrogens is 2. The lowest BCUT2D eigenvalue weighted by Gasteiger charge is -2.12. The van der Waals surface area contributed by atoms with E-state index >= 15 is 0 Å². The Morgan fingerprint density at radius 2 is 1.90 bits per heavy atom. The van der Waals surface area contributed by atoms with Crippen LogP contribution in [0.25, 0.3) is 10.8 Å². The number of nitrogens with zero attached hydrogens (tertiary/aromatic N) is 2. The average Bonchev–Trinajstić information content (AvgIpc) is 3.13. The Morgan fingerprint density at radius 3 is 2.65 bits per heavy atom. The van der Waals surface area contributed by atoms with E-state index in [-0.39, 0.29) is 11.3 Å². The van der Waals surface area contributed by atoms with E-state index in [0.29, 0.717) is 27.9 Å². The van der Waals surface area contributed by atoms with Crippen LogP contribution < -0.4 is 16.6 Å². The standard InChI is InChI=1S/C23H26N4O3S/c1-2-3-8-13-27-23(30)15-10-5-4-9-14(15)19(26-27)21(29)25-22-18(20(24)28)16-11-6-7-12-17(16)31-22/h4-5,9-10H,2-3,6-8,11-13H2,1H3,(H2,24,28)(H,25,29). The van der Waals surface area contributed by atoms with Gasteiger partial charge in [-0.25, -0.2) is 4.68 Å². The summed E-state index contributed by atoms with van der Waals surface area (Å²) >= 11 is 1.41. The van der Waals surface area contributed by atoms with Gasteiger partial charge < -0.3 is 11.1 Å². The quantitative estimate of drug-likeness (QED) is 0.546. The van der Waals surface area contributed by atoms with Gasteiger partial charge in [-0.1, -0.05) is 38.0 Å². The van der Waals surface area contributed by atoms with Crippen LogP contribution in [0.1, 0.15) is 70.3 Å². The van der Waals surface area contributed by atoms with Gasteiger partial charge >= 0.3 is 0 Å². The Balaban J connectivity index is 1.75. The number of thiophene rings is 1. The number of hydrogen-bond acceptors (Lipinski definition) is 5. The normalized spacial score (nSPS) is 13.2. The van der Waals surface area contributed by atoms with Crippen molar-refractivity contribution >= 4 is 38.9 Å². The topological polar surface area (TPSA) is 107 Å². The molecule has 31 heavy (non-hydrogen) atoms. The molecule has 0 fully saturated rings. The monoisotopic (exact) mass is 438 g/mol. The molecule has 3 N–H and O–H groups in total. The van der Waals surface area contributed by atoms with Crippen LogP contribution >= 0.6 is 11.3 Å². The highest BCUT2D eigenvalue weighted by molar-refractivity contribution is 7.17. The Labute approximate surface area is 184 Å². The van der Waals surface area contributed by atoms with Crippen molar-refractivity contribution < 1.29 is 9.59 Å². The van der Waals surface area contributed by atoms with E-state index in [1.54, 1.807) is 24.3 Å². The van der Waals surface area contributed by atoms with Gasteiger partial charge in [-0.3, -0.25) is 14.4 Å². The molecule has 0 aliphatic heterocycles. The predicted octanol–water partition coefficient (Wildman–Crippen LogP) is 3.88. The third-order valence-corrected chi connectivity index (χ3v) is 6.91. The number of rotatable bonds is 7. The molecule has 7 nitrogen and oxygen atoms in total. The maximum absolute atomic E-state index is 13.3. The van der Waals surface area contributed by atoms with Gasteiger partial charge in [0.2, 0.25) is 0 Å². The van der Waals surface area contributed by atoms with Crippen LogP contribution in [-0.2, 0) is 19.4 Å². The molecule has 2 amide bonds. The van der Waals surface area contributed by atoms with Crippen LogP contribution in [-0.4, -0.2) is 21.6 Å². The molecule has 162 valence electrons. The summed E-state index contributed by atoms with van der Waals surface area (Å²) in [5.41, 5.74) is 7.00. The van der Waals surface area contributed by atoms with E-state index in [0.717, 1.165) is 55.4 Å². The molecule has 0 saturated heterocycles. The zero-order chi connectivity index (χ0) is 22.0. The highest BCUT2D eigenvalue weighted by Gasteiger charge is 2.26. The number of fused-ring (bicyclic) bond motifs is 2. The fourth-order valence-electron chi connectivity index (χ4n) is 4.14. The second kappa shape index (κ2) is 9.01. The van der Waals surface area contributed by atoms with Gasteiger partial charge in [0.25, 0.3) is 17.4 Å². The first-order valence-electron chi connectivity index (χ1n) is 10.8. The Morgan fingerprint density at radius 1 is 1.16 bits per heavy atom. The number of benzene rings is 1. The highest BCUT2D eigenvalue weighted by atomic mass is 32.1. The molecule has 2 aromatic heterocycles. The second-order valence-electron chi connectivity index (χ2n) is 7.86. The van der Waals surface area contributed by atoms with Gasteiger partial charge in [-0.15, -0.1) is 11.3 Å². The van der Waals surface area contributed by atoms with Crippen LogP contribution in [0.4, 0.5) is 5.00 Å². The molecule has 0 spiro atoms. The Bertz CT molecular complexity index is 1210. The van der Waals surface area contributed by atoms with Gasteiger partial charge in [-0.05, 0) is 43.7 Å². The minimum absolute atomic E-state index is 0.175. The molecule has 1 aromatic carbocycles. The zero-order valence-corrected chi connectivity index (χ0v) is 18.4. The van der Waals surface area contributed by atoms with E-state index in [4.69, 9.17) is 5.73 Å². The number of nitrogens with one attached hydrogen (secondary N) is 1. The van der Waals surface area contributed by atoms with E-state index in [2.05, 4.69) is 17.3 Å². The highest BCUT2D eigenvalue weighted by Crippen LogP contribution is 2.38. The second-order valence-corrected chi connectivity index (χ2v) is 8.97. The molecule has 4 rings (SSSR count). The first-order valence-corrected chi connectivity index (χ1v) is 11.6. The number of carbonyl (C=O) groups is 2. The molecule has 0 bridgehead atoms. The lowest BCUT2D eigenvalue weighted by Crippen LogP contribution is -2.28. The summed E-state index contributed by atoms with van der Waals surface area (Å²) in [4.78, 5) is 39.4. The number of aryl methyl sites for hydroxylation is 2. The van der Waals surface area contributed by atoms with Gasteiger partial charge in [-0.2, -0.15) is 5.10 Å². The van der Waals surface area contributed by atoms with Crippen LogP contribution in [0.2, 0.25) is 0 Å². The molecule has 8 heteroatoms. The summed E-state index contributed by atoms with van der Waals surface area (Å²) in [5, 5.41) is 8.71. The number of hydrogen-bond donors (Lipinski definition) is 2. The molecule has 3 aromatic rings. The average molecular weight is 439 g/mol. The minimum atomic E-state index is -0.531. The molecule has 0 saturated carbocycles. The lowest BCUT2D eigenvalue weighted by molar-refractivity contribution is 0.100. The van der Waals surface area contributed by atoms with E-state index < -0.39 is 11.8 Å². The van der Waals surface area contributed by atoms with Crippen molar-refractivity contribution in [2.75, 3.05) is 5.32 Å². The van der Waals surface area contributed by atoms with Crippen molar-refractivity contribution in [2.24, 2.45) is 5.73 Å². The smallest absolute Gasteiger partial charge is 0.277 e. The van der Waals surface area contributed by atoms with Gasteiger partial charge in [0.1, 0.15) is 5.00 Å². The predicted molar refractivity (Wildman–Crippen MR) is 123 cm³/mol. The number of carbonyl (C=O) groups excluding carboxylic acids is 2. The van der Waals surface area contributed by atoms with E-state index in [9.17, 15) is 14.4 Å². The van der Waals surface area contributed by atoms with Crippen molar-refractivity contribution in [2.45, 2.75) is 58.4 Å². The van der Waals surface area contributed by atoms with Crippen LogP contribution in [0.5, 0.6) is 0 Å². The number of unbranched alkanes of at least 4 members (excludes halogenated alkanes) is 2. The maximum Gasteiger partial charge on any atom is 0.277 e.